The Labute approximate surface area is 161 Å². The van der Waals surface area contributed by atoms with E-state index in [1.165, 1.54) is 5.56 Å². The summed E-state index contributed by atoms with van der Waals surface area (Å²) in [5.41, 5.74) is 3.30. The molecule has 1 aromatic heterocycles. The fourth-order valence-corrected chi connectivity index (χ4v) is 3.67. The quantitative estimate of drug-likeness (QED) is 0.726. The van der Waals surface area contributed by atoms with Crippen molar-refractivity contribution in [1.29, 1.82) is 0 Å². The Morgan fingerprint density at radius 2 is 2.11 bits per heavy atom. The molecule has 0 spiro atoms. The molecule has 6 nitrogen and oxygen atoms in total. The third kappa shape index (κ3) is 4.57. The standard InChI is InChI=1S/C21H30N4O2/c1-16(2)25-15-23-18-10-12-24(14-17-8-5-4-6-9-17)20(19(18)25)21(26)22-11-7-13-27-3/h4-6,8-9,15-16,20H,7,10-14H2,1-3H3,(H,22,26). The highest BCUT2D eigenvalue weighted by molar-refractivity contribution is 5.83. The number of carbonyl (C=O) groups is 1. The summed E-state index contributed by atoms with van der Waals surface area (Å²) in [5.74, 6) is 0.0467. The minimum atomic E-state index is -0.318. The maximum Gasteiger partial charge on any atom is 0.243 e. The van der Waals surface area contributed by atoms with Crippen LogP contribution in [0, 0.1) is 0 Å². The largest absolute Gasteiger partial charge is 0.385 e. The number of hydrogen-bond donors (Lipinski definition) is 1. The molecule has 1 aliphatic heterocycles. The van der Waals surface area contributed by atoms with Gasteiger partial charge in [0.05, 0.1) is 17.7 Å². The lowest BCUT2D eigenvalue weighted by molar-refractivity contribution is -0.127. The second-order valence-corrected chi connectivity index (χ2v) is 7.32. The van der Waals surface area contributed by atoms with Crippen molar-refractivity contribution in [3.05, 3.63) is 53.6 Å². The maximum atomic E-state index is 13.2. The van der Waals surface area contributed by atoms with Gasteiger partial charge in [-0.05, 0) is 25.8 Å². The predicted octanol–water partition coefficient (Wildman–Crippen LogP) is 2.72. The van der Waals surface area contributed by atoms with Crippen molar-refractivity contribution in [2.75, 3.05) is 26.8 Å². The summed E-state index contributed by atoms with van der Waals surface area (Å²) in [7, 11) is 1.68. The molecule has 1 aliphatic rings. The van der Waals surface area contributed by atoms with Crippen molar-refractivity contribution in [2.45, 2.75) is 45.3 Å². The first-order valence-corrected chi connectivity index (χ1v) is 9.72. The molecule has 1 unspecified atom stereocenters. The lowest BCUT2D eigenvalue weighted by atomic mass is 10.00. The van der Waals surface area contributed by atoms with Crippen molar-refractivity contribution in [3.8, 4) is 0 Å². The molecule has 146 valence electrons. The van der Waals surface area contributed by atoms with Gasteiger partial charge in [-0.25, -0.2) is 4.98 Å². The van der Waals surface area contributed by atoms with Gasteiger partial charge in [-0.15, -0.1) is 0 Å². The van der Waals surface area contributed by atoms with Gasteiger partial charge >= 0.3 is 0 Å². The minimum absolute atomic E-state index is 0.0467. The number of ether oxygens (including phenoxy) is 1. The summed E-state index contributed by atoms with van der Waals surface area (Å²) in [6.45, 7) is 7.10. The number of imidazole rings is 1. The average Bonchev–Trinajstić information content (AvgIpc) is 3.10. The van der Waals surface area contributed by atoms with Crippen molar-refractivity contribution in [1.82, 2.24) is 19.8 Å². The third-order valence-electron chi connectivity index (χ3n) is 5.03. The molecule has 1 aromatic carbocycles. The van der Waals surface area contributed by atoms with E-state index in [0.717, 1.165) is 37.3 Å². The molecule has 0 bridgehead atoms. The van der Waals surface area contributed by atoms with Gasteiger partial charge in [-0.1, -0.05) is 30.3 Å². The van der Waals surface area contributed by atoms with Crippen LogP contribution in [0.4, 0.5) is 0 Å². The highest BCUT2D eigenvalue weighted by Crippen LogP contribution is 2.32. The Kier molecular flexibility index (Phi) is 6.63. The first kappa shape index (κ1) is 19.6. The van der Waals surface area contributed by atoms with E-state index in [1.54, 1.807) is 7.11 Å². The van der Waals surface area contributed by atoms with Crippen molar-refractivity contribution in [3.63, 3.8) is 0 Å². The minimum Gasteiger partial charge on any atom is -0.385 e. The van der Waals surface area contributed by atoms with Crippen molar-refractivity contribution < 1.29 is 9.53 Å². The molecule has 0 saturated heterocycles. The predicted molar refractivity (Wildman–Crippen MR) is 105 cm³/mol. The van der Waals surface area contributed by atoms with E-state index in [-0.39, 0.29) is 18.0 Å². The maximum absolute atomic E-state index is 13.2. The van der Waals surface area contributed by atoms with Gasteiger partial charge in [0.2, 0.25) is 5.91 Å². The zero-order valence-electron chi connectivity index (χ0n) is 16.5. The summed E-state index contributed by atoms with van der Waals surface area (Å²) in [6.07, 6.45) is 3.56. The number of nitrogens with one attached hydrogen (secondary N) is 1. The van der Waals surface area contributed by atoms with Gasteiger partial charge in [-0.2, -0.15) is 0 Å². The molecular formula is C21H30N4O2. The monoisotopic (exact) mass is 370 g/mol. The number of fused-ring (bicyclic) bond motifs is 1. The van der Waals surface area contributed by atoms with Crippen molar-refractivity contribution >= 4 is 5.91 Å². The fourth-order valence-electron chi connectivity index (χ4n) is 3.67. The second kappa shape index (κ2) is 9.15. The Hall–Kier alpha value is -2.18. The van der Waals surface area contributed by atoms with E-state index in [2.05, 4.69) is 45.7 Å². The Morgan fingerprint density at radius 3 is 2.81 bits per heavy atom. The number of aromatic nitrogens is 2. The molecule has 1 amide bonds. The number of methoxy groups -OCH3 is 1. The molecule has 0 radical (unpaired) electrons. The van der Waals surface area contributed by atoms with Crippen LogP contribution in [-0.4, -0.2) is 47.2 Å². The lowest BCUT2D eigenvalue weighted by Crippen LogP contribution is -2.45. The molecule has 6 heteroatoms. The number of nitrogens with zero attached hydrogens (tertiary/aromatic N) is 3. The third-order valence-corrected chi connectivity index (χ3v) is 5.03. The van der Waals surface area contributed by atoms with Crippen LogP contribution in [0.25, 0.3) is 0 Å². The number of amides is 1. The second-order valence-electron chi connectivity index (χ2n) is 7.32. The zero-order chi connectivity index (χ0) is 19.2. The van der Waals surface area contributed by atoms with Crippen LogP contribution in [0.5, 0.6) is 0 Å². The molecule has 0 saturated carbocycles. The first-order chi connectivity index (χ1) is 13.1. The number of carbonyl (C=O) groups excluding carboxylic acids is 1. The molecule has 1 atom stereocenters. The SMILES string of the molecule is COCCCNC(=O)C1c2c(ncn2C(C)C)CCN1Cc1ccccc1. The summed E-state index contributed by atoms with van der Waals surface area (Å²) in [6, 6.07) is 10.3. The molecule has 0 aliphatic carbocycles. The molecule has 1 N–H and O–H groups in total. The number of benzene rings is 1. The molecular weight excluding hydrogens is 340 g/mol. The van der Waals surface area contributed by atoms with E-state index in [1.807, 2.05) is 24.5 Å². The summed E-state index contributed by atoms with van der Waals surface area (Å²) >= 11 is 0. The van der Waals surface area contributed by atoms with Gasteiger partial charge in [-0.3, -0.25) is 9.69 Å². The van der Waals surface area contributed by atoms with Gasteiger partial charge < -0.3 is 14.6 Å². The molecule has 0 fully saturated rings. The van der Waals surface area contributed by atoms with Crippen LogP contribution in [0.15, 0.2) is 36.7 Å². The number of rotatable bonds is 8. The lowest BCUT2D eigenvalue weighted by Gasteiger charge is -2.36. The highest BCUT2D eigenvalue weighted by Gasteiger charge is 2.36. The Bertz CT molecular complexity index is 742. The van der Waals surface area contributed by atoms with E-state index >= 15 is 0 Å². The zero-order valence-corrected chi connectivity index (χ0v) is 16.5. The van der Waals surface area contributed by atoms with Crippen LogP contribution in [0.1, 0.15) is 49.3 Å². The Balaban J connectivity index is 1.86. The van der Waals surface area contributed by atoms with Crippen LogP contribution in [-0.2, 0) is 22.5 Å². The van der Waals surface area contributed by atoms with Crippen LogP contribution >= 0.6 is 0 Å². The van der Waals surface area contributed by atoms with Gasteiger partial charge in [0, 0.05) is 45.8 Å². The fraction of sp³-hybridized carbons (Fsp3) is 0.524. The number of hydrogen-bond acceptors (Lipinski definition) is 4. The average molecular weight is 370 g/mol. The summed E-state index contributed by atoms with van der Waals surface area (Å²) in [4.78, 5) is 20.0. The summed E-state index contributed by atoms with van der Waals surface area (Å²) < 4.78 is 7.23. The van der Waals surface area contributed by atoms with E-state index in [0.29, 0.717) is 13.2 Å². The molecule has 3 rings (SSSR count). The molecule has 2 aromatic rings. The van der Waals surface area contributed by atoms with Gasteiger partial charge in [0.15, 0.2) is 0 Å². The molecule has 2 heterocycles. The van der Waals surface area contributed by atoms with Gasteiger partial charge in [0.1, 0.15) is 6.04 Å². The smallest absolute Gasteiger partial charge is 0.243 e. The van der Waals surface area contributed by atoms with Gasteiger partial charge in [0.25, 0.3) is 0 Å². The Morgan fingerprint density at radius 1 is 1.33 bits per heavy atom. The topological polar surface area (TPSA) is 59.4 Å². The summed E-state index contributed by atoms with van der Waals surface area (Å²) in [5, 5.41) is 3.10. The van der Waals surface area contributed by atoms with Crippen molar-refractivity contribution in [2.24, 2.45) is 0 Å². The molecule has 27 heavy (non-hydrogen) atoms. The van der Waals surface area contributed by atoms with Crippen LogP contribution < -0.4 is 5.32 Å². The van der Waals surface area contributed by atoms with E-state index in [4.69, 9.17) is 4.74 Å². The first-order valence-electron chi connectivity index (χ1n) is 9.72. The van der Waals surface area contributed by atoms with E-state index in [9.17, 15) is 4.79 Å². The van der Waals surface area contributed by atoms with Crippen LogP contribution in [0.3, 0.4) is 0 Å². The normalized spacial score (nSPS) is 17.1. The van der Waals surface area contributed by atoms with Crippen LogP contribution in [0.2, 0.25) is 0 Å². The van der Waals surface area contributed by atoms with E-state index < -0.39 is 0 Å². The highest BCUT2D eigenvalue weighted by atomic mass is 16.5.